The molecule has 2 N–H and O–H groups in total. The molecule has 2 heterocycles. The van der Waals surface area contributed by atoms with Crippen molar-refractivity contribution in [1.82, 2.24) is 14.8 Å². The fourth-order valence-electron chi connectivity index (χ4n) is 2.27. The van der Waals surface area contributed by atoms with Crippen LogP contribution in [-0.4, -0.2) is 32.8 Å². The van der Waals surface area contributed by atoms with Crippen molar-refractivity contribution in [3.8, 4) is 0 Å². The molecule has 0 saturated heterocycles. The van der Waals surface area contributed by atoms with Gasteiger partial charge in [-0.2, -0.15) is 5.10 Å². The molecule has 0 fully saturated rings. The molecule has 0 aliphatic heterocycles. The van der Waals surface area contributed by atoms with Gasteiger partial charge in [-0.15, -0.1) is 0 Å². The lowest BCUT2D eigenvalue weighted by atomic mass is 10.3. The average Bonchev–Trinajstić information content (AvgIpc) is 2.85. The monoisotopic (exact) mass is 318 g/mol. The first-order valence-electron chi connectivity index (χ1n) is 7.63. The van der Waals surface area contributed by atoms with Crippen LogP contribution in [0.15, 0.2) is 24.4 Å². The van der Waals surface area contributed by atoms with Crippen molar-refractivity contribution in [3.05, 3.63) is 40.2 Å². The van der Waals surface area contributed by atoms with Crippen molar-refractivity contribution in [2.75, 3.05) is 23.7 Å². The Bertz CT molecular complexity index is 653. The van der Waals surface area contributed by atoms with Crippen LogP contribution in [0.4, 0.5) is 17.3 Å². The first kappa shape index (κ1) is 16.7. The molecular weight excluding hydrogens is 296 g/mol. The van der Waals surface area contributed by atoms with Crippen molar-refractivity contribution in [2.45, 2.75) is 33.2 Å². The molecule has 2 aromatic heterocycles. The number of hydrogen-bond acceptors (Lipinski definition) is 6. The molecular formula is C15H22N6O2. The van der Waals surface area contributed by atoms with Crippen LogP contribution in [0, 0.1) is 17.0 Å². The highest BCUT2D eigenvalue weighted by Gasteiger charge is 2.25. The number of nitro groups is 1. The van der Waals surface area contributed by atoms with Crippen LogP contribution in [0.5, 0.6) is 0 Å². The third-order valence-corrected chi connectivity index (χ3v) is 3.34. The molecule has 0 aliphatic carbocycles. The molecule has 8 nitrogen and oxygen atoms in total. The van der Waals surface area contributed by atoms with Gasteiger partial charge in [0.25, 0.3) is 0 Å². The molecule has 8 heteroatoms. The molecule has 23 heavy (non-hydrogen) atoms. The fourth-order valence-corrected chi connectivity index (χ4v) is 2.27. The Hall–Kier alpha value is -2.64. The molecule has 0 amide bonds. The summed E-state index contributed by atoms with van der Waals surface area (Å²) in [7, 11) is 0. The van der Waals surface area contributed by atoms with Gasteiger partial charge >= 0.3 is 5.69 Å². The third kappa shape index (κ3) is 4.18. The average molecular weight is 318 g/mol. The van der Waals surface area contributed by atoms with Crippen molar-refractivity contribution in [2.24, 2.45) is 0 Å². The van der Waals surface area contributed by atoms with Gasteiger partial charge in [-0.25, -0.2) is 9.67 Å². The summed E-state index contributed by atoms with van der Waals surface area (Å²) in [6.07, 6.45) is 2.53. The lowest BCUT2D eigenvalue weighted by Gasteiger charge is -2.12. The maximum absolute atomic E-state index is 11.2. The van der Waals surface area contributed by atoms with E-state index in [1.54, 1.807) is 17.8 Å². The van der Waals surface area contributed by atoms with Crippen LogP contribution < -0.4 is 10.6 Å². The Kier molecular flexibility index (Phi) is 5.51. The first-order chi connectivity index (χ1) is 11.0. The Morgan fingerprint density at radius 2 is 2.04 bits per heavy atom. The molecule has 0 radical (unpaired) electrons. The second-order valence-corrected chi connectivity index (χ2v) is 5.50. The highest BCUT2D eigenvalue weighted by Crippen LogP contribution is 2.30. The van der Waals surface area contributed by atoms with E-state index in [1.165, 1.54) is 0 Å². The summed E-state index contributed by atoms with van der Waals surface area (Å²) in [6.45, 7) is 6.89. The zero-order valence-electron chi connectivity index (χ0n) is 13.6. The highest BCUT2D eigenvalue weighted by atomic mass is 16.6. The van der Waals surface area contributed by atoms with E-state index in [4.69, 9.17) is 0 Å². The van der Waals surface area contributed by atoms with Gasteiger partial charge in [0.05, 0.1) is 4.92 Å². The highest BCUT2D eigenvalue weighted by molar-refractivity contribution is 5.59. The Morgan fingerprint density at radius 1 is 1.30 bits per heavy atom. The minimum Gasteiger partial charge on any atom is -0.370 e. The Labute approximate surface area is 135 Å². The van der Waals surface area contributed by atoms with Gasteiger partial charge in [-0.05, 0) is 39.3 Å². The standard InChI is InChI=1S/C15H22N6O2/c1-11(2)20-15(14(21(22)23)12(3)19-20)18-10-6-9-17-13-7-4-5-8-16-13/h4-5,7-8,11,18H,6,9-10H2,1-3H3,(H,16,17). The van der Waals surface area contributed by atoms with Gasteiger partial charge in [0.2, 0.25) is 5.82 Å². The number of aromatic nitrogens is 3. The maximum atomic E-state index is 11.2. The number of aryl methyl sites for hydroxylation is 1. The molecule has 0 atom stereocenters. The van der Waals surface area contributed by atoms with E-state index in [1.807, 2.05) is 32.0 Å². The van der Waals surface area contributed by atoms with E-state index in [0.717, 1.165) is 18.8 Å². The van der Waals surface area contributed by atoms with Crippen molar-refractivity contribution in [3.63, 3.8) is 0 Å². The van der Waals surface area contributed by atoms with E-state index in [-0.39, 0.29) is 16.7 Å². The van der Waals surface area contributed by atoms with Crippen molar-refractivity contribution < 1.29 is 4.92 Å². The maximum Gasteiger partial charge on any atom is 0.333 e. The summed E-state index contributed by atoms with van der Waals surface area (Å²) in [5.41, 5.74) is 0.481. The SMILES string of the molecule is Cc1nn(C(C)C)c(NCCCNc2ccccn2)c1[N+](=O)[O-]. The summed E-state index contributed by atoms with van der Waals surface area (Å²) < 4.78 is 1.67. The van der Waals surface area contributed by atoms with Gasteiger partial charge in [0.15, 0.2) is 0 Å². The number of hydrogen-bond donors (Lipinski definition) is 2. The van der Waals surface area contributed by atoms with Crippen molar-refractivity contribution >= 4 is 17.3 Å². The fraction of sp³-hybridized carbons (Fsp3) is 0.467. The summed E-state index contributed by atoms with van der Waals surface area (Å²) in [6, 6.07) is 5.73. The van der Waals surface area contributed by atoms with Crippen LogP contribution in [0.25, 0.3) is 0 Å². The summed E-state index contributed by atoms with van der Waals surface area (Å²) in [5.74, 6) is 1.29. The molecule has 0 bridgehead atoms. The summed E-state index contributed by atoms with van der Waals surface area (Å²) in [4.78, 5) is 15.0. The number of nitrogens with zero attached hydrogens (tertiary/aromatic N) is 4. The molecule has 0 aromatic carbocycles. The molecule has 0 spiro atoms. The van der Waals surface area contributed by atoms with E-state index < -0.39 is 0 Å². The van der Waals surface area contributed by atoms with Gasteiger partial charge in [0, 0.05) is 25.3 Å². The lowest BCUT2D eigenvalue weighted by Crippen LogP contribution is -2.14. The molecule has 0 aliphatic rings. The van der Waals surface area contributed by atoms with Gasteiger partial charge < -0.3 is 10.6 Å². The second kappa shape index (κ2) is 7.57. The van der Waals surface area contributed by atoms with Crippen LogP contribution in [0.3, 0.4) is 0 Å². The molecule has 124 valence electrons. The van der Waals surface area contributed by atoms with Crippen LogP contribution in [-0.2, 0) is 0 Å². The molecule has 2 aromatic rings. The molecule has 2 rings (SSSR count). The van der Waals surface area contributed by atoms with Crippen LogP contribution in [0.2, 0.25) is 0 Å². The summed E-state index contributed by atoms with van der Waals surface area (Å²) in [5, 5.41) is 21.9. The topological polar surface area (TPSA) is 97.9 Å². The smallest absolute Gasteiger partial charge is 0.333 e. The van der Waals surface area contributed by atoms with E-state index in [2.05, 4.69) is 20.7 Å². The predicted molar refractivity (Wildman–Crippen MR) is 89.8 cm³/mol. The second-order valence-electron chi connectivity index (χ2n) is 5.50. The third-order valence-electron chi connectivity index (χ3n) is 3.34. The van der Waals surface area contributed by atoms with E-state index in [0.29, 0.717) is 18.1 Å². The number of nitrogens with one attached hydrogen (secondary N) is 2. The van der Waals surface area contributed by atoms with Gasteiger partial charge in [0.1, 0.15) is 11.5 Å². The Morgan fingerprint density at radius 3 is 2.65 bits per heavy atom. The lowest BCUT2D eigenvalue weighted by molar-refractivity contribution is -0.384. The summed E-state index contributed by atoms with van der Waals surface area (Å²) >= 11 is 0. The largest absolute Gasteiger partial charge is 0.370 e. The minimum atomic E-state index is -0.379. The van der Waals surface area contributed by atoms with Crippen molar-refractivity contribution in [1.29, 1.82) is 0 Å². The first-order valence-corrected chi connectivity index (χ1v) is 7.63. The van der Waals surface area contributed by atoms with Gasteiger partial charge in [-0.3, -0.25) is 10.1 Å². The minimum absolute atomic E-state index is 0.0522. The number of pyridine rings is 1. The Balaban J connectivity index is 1.93. The van der Waals surface area contributed by atoms with Crippen LogP contribution >= 0.6 is 0 Å². The molecule has 0 saturated carbocycles. The van der Waals surface area contributed by atoms with Gasteiger partial charge in [-0.1, -0.05) is 6.07 Å². The normalized spacial score (nSPS) is 10.8. The molecule has 0 unspecified atom stereocenters. The number of anilines is 2. The number of rotatable bonds is 8. The van der Waals surface area contributed by atoms with E-state index >= 15 is 0 Å². The quantitative estimate of drug-likeness (QED) is 0.441. The predicted octanol–water partition coefficient (Wildman–Crippen LogP) is 2.99. The van der Waals surface area contributed by atoms with E-state index in [9.17, 15) is 10.1 Å². The zero-order chi connectivity index (χ0) is 16.8. The van der Waals surface area contributed by atoms with Crippen LogP contribution in [0.1, 0.15) is 32.0 Å². The zero-order valence-corrected chi connectivity index (χ0v) is 13.6.